The molecule has 3 heterocycles. The first-order valence-electron chi connectivity index (χ1n) is 9.35. The van der Waals surface area contributed by atoms with E-state index in [0.29, 0.717) is 19.5 Å². The van der Waals surface area contributed by atoms with Gasteiger partial charge in [0.2, 0.25) is 5.91 Å². The first kappa shape index (κ1) is 17.9. The lowest BCUT2D eigenvalue weighted by atomic mass is 10.2. The molecule has 3 aromatic heterocycles. The molecule has 0 bridgehead atoms. The molecule has 5 heteroatoms. The van der Waals surface area contributed by atoms with Gasteiger partial charge in [0.15, 0.2) is 0 Å². The highest BCUT2D eigenvalue weighted by atomic mass is 16.2. The van der Waals surface area contributed by atoms with Crippen LogP contribution in [0.15, 0.2) is 79.3 Å². The summed E-state index contributed by atoms with van der Waals surface area (Å²) >= 11 is 0. The zero-order chi connectivity index (χ0) is 19.3. The number of amides is 1. The molecule has 1 amide bonds. The van der Waals surface area contributed by atoms with E-state index in [9.17, 15) is 4.79 Å². The molecule has 0 saturated heterocycles. The largest absolute Gasteiger partial charge is 0.341 e. The van der Waals surface area contributed by atoms with Gasteiger partial charge >= 0.3 is 0 Å². The maximum atomic E-state index is 12.7. The molecule has 0 aliphatic heterocycles. The standard InChI is InChI=1S/C23H22N4O/c1-26(17-18-6-3-2-4-7-18)22(28)11-15-27-21(19-9-13-24-14-10-19)16-20-8-5-12-25-23(20)27/h2-10,12-14,16H,11,15,17H2,1H3. The molecule has 1 aromatic carbocycles. The Kier molecular flexibility index (Phi) is 5.15. The summed E-state index contributed by atoms with van der Waals surface area (Å²) in [4.78, 5) is 23.1. The van der Waals surface area contributed by atoms with Crippen LogP contribution >= 0.6 is 0 Å². The fraction of sp³-hybridized carbons (Fsp3) is 0.174. The van der Waals surface area contributed by atoms with Crippen LogP contribution in [0.2, 0.25) is 0 Å². The zero-order valence-corrected chi connectivity index (χ0v) is 15.8. The van der Waals surface area contributed by atoms with Crippen LogP contribution in [-0.2, 0) is 17.9 Å². The van der Waals surface area contributed by atoms with Crippen LogP contribution in [-0.4, -0.2) is 32.4 Å². The molecule has 0 radical (unpaired) electrons. The summed E-state index contributed by atoms with van der Waals surface area (Å²) in [7, 11) is 1.85. The molecule has 0 atom stereocenters. The summed E-state index contributed by atoms with van der Waals surface area (Å²) in [6, 6.07) is 20.1. The van der Waals surface area contributed by atoms with Crippen molar-refractivity contribution in [2.45, 2.75) is 19.5 Å². The first-order valence-corrected chi connectivity index (χ1v) is 9.35. The Hall–Kier alpha value is -3.47. The molecule has 0 spiro atoms. The molecule has 0 saturated carbocycles. The van der Waals surface area contributed by atoms with Gasteiger partial charge in [-0.2, -0.15) is 0 Å². The Bertz CT molecular complexity index is 1070. The number of carbonyl (C=O) groups is 1. The van der Waals surface area contributed by atoms with Crippen molar-refractivity contribution in [1.82, 2.24) is 19.4 Å². The highest BCUT2D eigenvalue weighted by Gasteiger charge is 2.15. The van der Waals surface area contributed by atoms with Crippen LogP contribution in [0, 0.1) is 0 Å². The molecule has 140 valence electrons. The Morgan fingerprint density at radius 1 is 1.00 bits per heavy atom. The number of fused-ring (bicyclic) bond motifs is 1. The summed E-state index contributed by atoms with van der Waals surface area (Å²) in [6.45, 7) is 1.19. The highest BCUT2D eigenvalue weighted by molar-refractivity contribution is 5.84. The highest BCUT2D eigenvalue weighted by Crippen LogP contribution is 2.27. The van der Waals surface area contributed by atoms with Crippen molar-refractivity contribution in [1.29, 1.82) is 0 Å². The van der Waals surface area contributed by atoms with Gasteiger partial charge in [-0.1, -0.05) is 30.3 Å². The lowest BCUT2D eigenvalue weighted by molar-refractivity contribution is -0.130. The Balaban J connectivity index is 1.55. The summed E-state index contributed by atoms with van der Waals surface area (Å²) in [5.74, 6) is 0.113. The van der Waals surface area contributed by atoms with E-state index in [1.54, 1.807) is 23.5 Å². The lowest BCUT2D eigenvalue weighted by Gasteiger charge is -2.18. The fourth-order valence-electron chi connectivity index (χ4n) is 3.42. The predicted molar refractivity (Wildman–Crippen MR) is 110 cm³/mol. The number of aromatic nitrogens is 3. The van der Waals surface area contributed by atoms with E-state index >= 15 is 0 Å². The summed E-state index contributed by atoms with van der Waals surface area (Å²) in [5, 5.41) is 1.07. The number of carbonyl (C=O) groups excluding carboxylic acids is 1. The SMILES string of the molecule is CN(Cc1ccccc1)C(=O)CCn1c(-c2ccncc2)cc2cccnc21. The minimum Gasteiger partial charge on any atom is -0.341 e. The van der Waals surface area contributed by atoms with Crippen LogP contribution in [0.1, 0.15) is 12.0 Å². The second kappa shape index (κ2) is 8.05. The van der Waals surface area contributed by atoms with E-state index in [1.165, 1.54) is 0 Å². The third kappa shape index (κ3) is 3.78. The summed E-state index contributed by atoms with van der Waals surface area (Å²) in [6.07, 6.45) is 5.77. The normalized spacial score (nSPS) is 10.9. The van der Waals surface area contributed by atoms with Crippen LogP contribution in [0.3, 0.4) is 0 Å². The van der Waals surface area contributed by atoms with Crippen LogP contribution in [0.25, 0.3) is 22.3 Å². The third-order valence-corrected chi connectivity index (χ3v) is 4.87. The number of aryl methyl sites for hydroxylation is 1. The molecule has 0 N–H and O–H groups in total. The fourth-order valence-corrected chi connectivity index (χ4v) is 3.42. The smallest absolute Gasteiger partial charge is 0.224 e. The van der Waals surface area contributed by atoms with Gasteiger partial charge in [0.05, 0.1) is 5.69 Å². The Morgan fingerprint density at radius 3 is 2.57 bits per heavy atom. The van der Waals surface area contributed by atoms with E-state index in [0.717, 1.165) is 27.9 Å². The number of nitrogens with zero attached hydrogens (tertiary/aromatic N) is 4. The number of pyridine rings is 2. The van der Waals surface area contributed by atoms with Gasteiger partial charge in [-0.05, 0) is 35.9 Å². The number of benzene rings is 1. The van der Waals surface area contributed by atoms with Gasteiger partial charge in [0, 0.05) is 56.1 Å². The number of rotatable bonds is 6. The molecular formula is C23H22N4O. The molecule has 0 aliphatic rings. The zero-order valence-electron chi connectivity index (χ0n) is 15.8. The van der Waals surface area contributed by atoms with Crippen LogP contribution < -0.4 is 0 Å². The molecule has 0 fully saturated rings. The van der Waals surface area contributed by atoms with Gasteiger partial charge in [-0.15, -0.1) is 0 Å². The van der Waals surface area contributed by atoms with Crippen molar-refractivity contribution in [3.05, 3.63) is 84.8 Å². The Labute approximate surface area is 164 Å². The second-order valence-electron chi connectivity index (χ2n) is 6.82. The maximum absolute atomic E-state index is 12.7. The maximum Gasteiger partial charge on any atom is 0.224 e. The molecule has 4 aromatic rings. The molecule has 4 rings (SSSR count). The first-order chi connectivity index (χ1) is 13.7. The summed E-state index contributed by atoms with van der Waals surface area (Å²) in [5.41, 5.74) is 4.14. The third-order valence-electron chi connectivity index (χ3n) is 4.87. The molecular weight excluding hydrogens is 348 g/mol. The van der Waals surface area contributed by atoms with Gasteiger partial charge in [0.25, 0.3) is 0 Å². The number of hydrogen-bond acceptors (Lipinski definition) is 3. The van der Waals surface area contributed by atoms with Crippen molar-refractivity contribution in [3.63, 3.8) is 0 Å². The van der Waals surface area contributed by atoms with Gasteiger partial charge in [-0.25, -0.2) is 4.98 Å². The van der Waals surface area contributed by atoms with Crippen LogP contribution in [0.4, 0.5) is 0 Å². The summed E-state index contributed by atoms with van der Waals surface area (Å²) < 4.78 is 2.12. The predicted octanol–water partition coefficient (Wildman–Crippen LogP) is 4.15. The van der Waals surface area contributed by atoms with E-state index < -0.39 is 0 Å². The minimum absolute atomic E-state index is 0.113. The minimum atomic E-state index is 0.113. The van der Waals surface area contributed by atoms with E-state index in [2.05, 4.69) is 20.6 Å². The van der Waals surface area contributed by atoms with E-state index in [-0.39, 0.29) is 5.91 Å². The Morgan fingerprint density at radius 2 is 1.79 bits per heavy atom. The average Bonchev–Trinajstić information content (AvgIpc) is 3.12. The molecule has 5 nitrogen and oxygen atoms in total. The van der Waals surface area contributed by atoms with Crippen LogP contribution in [0.5, 0.6) is 0 Å². The van der Waals surface area contributed by atoms with E-state index in [4.69, 9.17) is 0 Å². The van der Waals surface area contributed by atoms with Crippen molar-refractivity contribution >= 4 is 16.9 Å². The quantitative estimate of drug-likeness (QED) is 0.512. The van der Waals surface area contributed by atoms with Gasteiger partial charge < -0.3 is 9.47 Å². The second-order valence-corrected chi connectivity index (χ2v) is 6.82. The topological polar surface area (TPSA) is 51.0 Å². The van der Waals surface area contributed by atoms with Crippen molar-refractivity contribution < 1.29 is 4.79 Å². The van der Waals surface area contributed by atoms with Gasteiger partial charge in [-0.3, -0.25) is 9.78 Å². The monoisotopic (exact) mass is 370 g/mol. The van der Waals surface area contributed by atoms with Gasteiger partial charge in [0.1, 0.15) is 5.65 Å². The number of hydrogen-bond donors (Lipinski definition) is 0. The average molecular weight is 370 g/mol. The van der Waals surface area contributed by atoms with Crippen molar-refractivity contribution in [3.8, 4) is 11.3 Å². The van der Waals surface area contributed by atoms with E-state index in [1.807, 2.05) is 61.6 Å². The van der Waals surface area contributed by atoms with Crippen molar-refractivity contribution in [2.24, 2.45) is 0 Å². The lowest BCUT2D eigenvalue weighted by Crippen LogP contribution is -2.27. The van der Waals surface area contributed by atoms with Crippen molar-refractivity contribution in [2.75, 3.05) is 7.05 Å². The molecule has 28 heavy (non-hydrogen) atoms. The molecule has 0 unspecified atom stereocenters. The molecule has 0 aliphatic carbocycles.